The van der Waals surface area contributed by atoms with Gasteiger partial charge in [0.2, 0.25) is 0 Å². The highest BCUT2D eigenvalue weighted by atomic mass is 32.1. The molecule has 2 aliphatic heterocycles. The van der Waals surface area contributed by atoms with E-state index in [0.29, 0.717) is 36.2 Å². The average Bonchev–Trinajstić information content (AvgIpc) is 3.63. The standard InChI is InChI=1S/C32H42N6O4SSi/c1-21-5-7-27(23-6-8-28-25(15-23)36-31(43-28)22-9-11-41-12-10-22)37(19-21)32(40)30(39)35-26-18-33-16-24-17-34-38(29(24)26)20-42-13-14-44(2,3)4/h6,8,15-18,21-22,27H,5,7,9-14,19-20H2,1-4H3,(H,35,39)/t21-,27?/m0/s1. The molecule has 2 atom stereocenters. The van der Waals surface area contributed by atoms with Gasteiger partial charge in [-0.2, -0.15) is 5.10 Å². The van der Waals surface area contributed by atoms with Gasteiger partial charge in [0.15, 0.2) is 0 Å². The van der Waals surface area contributed by atoms with Crippen molar-refractivity contribution in [2.75, 3.05) is 31.7 Å². The number of rotatable bonds is 8. The molecule has 0 bridgehead atoms. The van der Waals surface area contributed by atoms with Crippen LogP contribution in [0, 0.1) is 5.92 Å². The Morgan fingerprint density at radius 3 is 2.73 bits per heavy atom. The lowest BCUT2D eigenvalue weighted by molar-refractivity contribution is -0.146. The van der Waals surface area contributed by atoms with Crippen molar-refractivity contribution in [3.63, 3.8) is 0 Å². The van der Waals surface area contributed by atoms with E-state index in [1.807, 2.05) is 0 Å². The van der Waals surface area contributed by atoms with Crippen LogP contribution in [0.2, 0.25) is 25.7 Å². The number of carbonyl (C=O) groups is 2. The van der Waals surface area contributed by atoms with Crippen LogP contribution in [-0.4, -0.2) is 70.9 Å². The van der Waals surface area contributed by atoms with Crippen molar-refractivity contribution >= 4 is 58.0 Å². The van der Waals surface area contributed by atoms with E-state index in [2.05, 4.69) is 60.2 Å². The third-order valence-corrected chi connectivity index (χ3v) is 11.6. The molecule has 4 aromatic rings. The Bertz CT molecular complexity index is 1640. The van der Waals surface area contributed by atoms with Crippen molar-refractivity contribution in [3.8, 4) is 0 Å². The zero-order valence-electron chi connectivity index (χ0n) is 26.0. The van der Waals surface area contributed by atoms with Crippen LogP contribution in [0.3, 0.4) is 0 Å². The van der Waals surface area contributed by atoms with Crippen molar-refractivity contribution in [1.29, 1.82) is 0 Å². The molecule has 10 nitrogen and oxygen atoms in total. The van der Waals surface area contributed by atoms with Crippen molar-refractivity contribution in [1.82, 2.24) is 24.6 Å². The minimum Gasteiger partial charge on any atom is -0.381 e. The minimum absolute atomic E-state index is 0.193. The normalized spacial score (nSPS) is 20.0. The lowest BCUT2D eigenvalue weighted by atomic mass is 9.89. The number of piperidine rings is 1. The number of ether oxygens (including phenoxy) is 2. The Balaban J connectivity index is 1.19. The summed E-state index contributed by atoms with van der Waals surface area (Å²) in [5.74, 6) is -0.487. The van der Waals surface area contributed by atoms with E-state index in [0.717, 1.165) is 71.1 Å². The SMILES string of the molecule is C[C@H]1CCC(c2ccc3sc(C4CCOCC4)nc3c2)N(C(=O)C(=O)Nc2cncc3cnn(COCC[Si](C)(C)C)c23)C1. The van der Waals surface area contributed by atoms with Gasteiger partial charge in [-0.15, -0.1) is 11.3 Å². The van der Waals surface area contributed by atoms with Crippen LogP contribution < -0.4 is 5.32 Å². The molecule has 6 rings (SSSR count). The second-order valence-electron chi connectivity index (χ2n) is 13.4. The second-order valence-corrected chi connectivity index (χ2v) is 20.1. The zero-order chi connectivity index (χ0) is 30.8. The number of pyridine rings is 1. The monoisotopic (exact) mass is 634 g/mol. The fraction of sp³-hybridized carbons (Fsp3) is 0.531. The Morgan fingerprint density at radius 1 is 1.11 bits per heavy atom. The van der Waals surface area contributed by atoms with Crippen molar-refractivity contribution in [2.24, 2.45) is 5.92 Å². The van der Waals surface area contributed by atoms with Crippen molar-refractivity contribution in [3.05, 3.63) is 47.4 Å². The first-order valence-corrected chi connectivity index (χ1v) is 20.2. The predicted octanol–water partition coefficient (Wildman–Crippen LogP) is 6.19. The molecule has 0 aliphatic carbocycles. The van der Waals surface area contributed by atoms with Crippen LogP contribution in [0.15, 0.2) is 36.8 Å². The highest BCUT2D eigenvalue weighted by Gasteiger charge is 2.35. The average molecular weight is 635 g/mol. The predicted molar refractivity (Wildman–Crippen MR) is 176 cm³/mol. The van der Waals surface area contributed by atoms with Crippen LogP contribution in [0.25, 0.3) is 21.1 Å². The molecule has 2 fully saturated rings. The van der Waals surface area contributed by atoms with Gasteiger partial charge < -0.3 is 19.7 Å². The summed E-state index contributed by atoms with van der Waals surface area (Å²) in [6, 6.07) is 7.18. The number of hydrogen-bond donors (Lipinski definition) is 1. The molecule has 5 heterocycles. The van der Waals surface area contributed by atoms with E-state index in [-0.39, 0.29) is 12.8 Å². The summed E-state index contributed by atoms with van der Waals surface area (Å²) in [6.07, 6.45) is 8.74. The third kappa shape index (κ3) is 6.88. The molecule has 44 heavy (non-hydrogen) atoms. The molecule has 234 valence electrons. The number of benzene rings is 1. The molecule has 0 saturated carbocycles. The highest BCUT2D eigenvalue weighted by molar-refractivity contribution is 7.18. The number of likely N-dealkylation sites (tertiary alicyclic amines) is 1. The number of hydrogen-bond acceptors (Lipinski definition) is 8. The summed E-state index contributed by atoms with van der Waals surface area (Å²) in [5.41, 5.74) is 3.11. The maximum Gasteiger partial charge on any atom is 0.314 e. The summed E-state index contributed by atoms with van der Waals surface area (Å²) in [5, 5.41) is 9.24. The van der Waals surface area contributed by atoms with E-state index in [1.165, 1.54) is 0 Å². The highest BCUT2D eigenvalue weighted by Crippen LogP contribution is 2.38. The Labute approximate surface area is 263 Å². The second kappa shape index (κ2) is 13.0. The van der Waals surface area contributed by atoms with Crippen LogP contribution in [-0.2, 0) is 25.8 Å². The summed E-state index contributed by atoms with van der Waals surface area (Å²) in [4.78, 5) is 38.3. The number of fused-ring (bicyclic) bond motifs is 2. The molecule has 0 spiro atoms. The van der Waals surface area contributed by atoms with Crippen LogP contribution in [0.4, 0.5) is 5.69 Å². The number of aromatic nitrogens is 4. The first kappa shape index (κ1) is 30.8. The topological polar surface area (TPSA) is 111 Å². The summed E-state index contributed by atoms with van der Waals surface area (Å²) >= 11 is 1.75. The molecule has 1 unspecified atom stereocenters. The first-order chi connectivity index (χ1) is 21.2. The van der Waals surface area contributed by atoms with Crippen LogP contribution in [0.1, 0.15) is 55.1 Å². The fourth-order valence-electron chi connectivity index (χ4n) is 6.08. The fourth-order valence-corrected chi connectivity index (χ4v) is 7.95. The molecule has 0 radical (unpaired) electrons. The third-order valence-electron chi connectivity index (χ3n) is 8.65. The Morgan fingerprint density at radius 2 is 1.93 bits per heavy atom. The summed E-state index contributed by atoms with van der Waals surface area (Å²) in [7, 11) is -1.22. The molecule has 3 aromatic heterocycles. The lowest BCUT2D eigenvalue weighted by Gasteiger charge is -2.38. The van der Waals surface area contributed by atoms with Crippen LogP contribution in [0.5, 0.6) is 0 Å². The van der Waals surface area contributed by atoms with Crippen molar-refractivity contribution < 1.29 is 19.1 Å². The molecular weight excluding hydrogens is 593 g/mol. The van der Waals surface area contributed by atoms with Gasteiger partial charge >= 0.3 is 11.8 Å². The largest absolute Gasteiger partial charge is 0.381 e. The molecule has 2 aliphatic rings. The summed E-state index contributed by atoms with van der Waals surface area (Å²) < 4.78 is 14.3. The number of thiazole rings is 1. The van der Waals surface area contributed by atoms with E-state index < -0.39 is 19.9 Å². The molecule has 12 heteroatoms. The van der Waals surface area contributed by atoms with Crippen LogP contribution >= 0.6 is 11.3 Å². The summed E-state index contributed by atoms with van der Waals surface area (Å²) in [6.45, 7) is 12.1. The van der Waals surface area contributed by atoms with Gasteiger partial charge in [-0.1, -0.05) is 32.6 Å². The van der Waals surface area contributed by atoms with Gasteiger partial charge in [-0.25, -0.2) is 9.67 Å². The number of carbonyl (C=O) groups excluding carboxylic acids is 2. The Hall–Kier alpha value is -3.19. The van der Waals surface area contributed by atoms with Gasteiger partial charge in [0.25, 0.3) is 0 Å². The number of amides is 2. The number of anilines is 1. The van der Waals surface area contributed by atoms with Gasteiger partial charge in [-0.3, -0.25) is 14.6 Å². The minimum atomic E-state index is -1.22. The molecule has 1 N–H and O–H groups in total. The van der Waals surface area contributed by atoms with E-state index in [1.54, 1.807) is 39.5 Å². The van der Waals surface area contributed by atoms with Gasteiger partial charge in [0, 0.05) is 51.9 Å². The van der Waals surface area contributed by atoms with Gasteiger partial charge in [-0.05, 0) is 55.3 Å². The van der Waals surface area contributed by atoms with Gasteiger partial charge in [0.1, 0.15) is 6.73 Å². The maximum absolute atomic E-state index is 13.8. The lowest BCUT2D eigenvalue weighted by Crippen LogP contribution is -2.46. The van der Waals surface area contributed by atoms with E-state index in [4.69, 9.17) is 14.5 Å². The van der Waals surface area contributed by atoms with E-state index >= 15 is 0 Å². The molecular formula is C32H42N6O4SSi. The maximum atomic E-state index is 13.8. The number of nitrogens with zero attached hydrogens (tertiary/aromatic N) is 5. The smallest absolute Gasteiger partial charge is 0.314 e. The zero-order valence-corrected chi connectivity index (χ0v) is 27.9. The van der Waals surface area contributed by atoms with Crippen molar-refractivity contribution in [2.45, 2.75) is 77.0 Å². The quantitative estimate of drug-likeness (QED) is 0.140. The molecule has 2 amide bonds. The molecule has 1 aromatic carbocycles. The first-order valence-electron chi connectivity index (χ1n) is 15.6. The van der Waals surface area contributed by atoms with Gasteiger partial charge in [0.05, 0.1) is 44.9 Å². The Kier molecular flexibility index (Phi) is 9.13. The van der Waals surface area contributed by atoms with E-state index in [9.17, 15) is 9.59 Å². The molecule has 2 saturated heterocycles. The number of nitrogens with one attached hydrogen (secondary N) is 1.